The van der Waals surface area contributed by atoms with Crippen LogP contribution < -0.4 is 5.32 Å². The molecule has 0 fully saturated rings. The van der Waals surface area contributed by atoms with Gasteiger partial charge in [0.15, 0.2) is 11.0 Å². The van der Waals surface area contributed by atoms with Crippen molar-refractivity contribution in [2.75, 3.05) is 11.1 Å². The minimum atomic E-state index is -0.126. The molecule has 1 N–H and O–H groups in total. The molecule has 3 aromatic rings. The van der Waals surface area contributed by atoms with Crippen molar-refractivity contribution in [3.8, 4) is 11.4 Å². The highest BCUT2D eigenvalue weighted by Gasteiger charge is 2.22. The van der Waals surface area contributed by atoms with Crippen molar-refractivity contribution in [2.45, 2.75) is 44.3 Å². The largest absolute Gasteiger partial charge is 0.324 e. The molecule has 9 heteroatoms. The number of nitrogens with zero attached hydrogens (tertiary/aromatic N) is 3. The van der Waals surface area contributed by atoms with Crippen LogP contribution in [0.3, 0.4) is 0 Å². The Labute approximate surface area is 191 Å². The van der Waals surface area contributed by atoms with Gasteiger partial charge in [-0.05, 0) is 56.4 Å². The highest BCUT2D eigenvalue weighted by molar-refractivity contribution is 9.10. The molecule has 152 valence electrons. The predicted molar refractivity (Wildman–Crippen MR) is 124 cm³/mol. The molecule has 5 nitrogen and oxygen atoms in total. The first kappa shape index (κ1) is 20.9. The van der Waals surface area contributed by atoms with Crippen LogP contribution in [-0.2, 0) is 24.2 Å². The number of nitrogens with one attached hydrogen (secondary N) is 1. The van der Waals surface area contributed by atoms with Gasteiger partial charge in [0.25, 0.3) is 0 Å². The van der Waals surface area contributed by atoms with E-state index in [1.807, 2.05) is 17.4 Å². The summed E-state index contributed by atoms with van der Waals surface area (Å²) in [6.07, 6.45) is 4.79. The molecule has 0 unspecified atom stereocenters. The lowest BCUT2D eigenvalue weighted by Crippen LogP contribution is -2.15. The SMILES string of the molecule is CCn1c(SCC(=O)Nc2ccc(Br)cc2Cl)nnc1-c1csc2c1CCCC2. The maximum Gasteiger partial charge on any atom is 0.234 e. The zero-order chi connectivity index (χ0) is 20.4. The number of aryl methyl sites for hydroxylation is 1. The Morgan fingerprint density at radius 3 is 2.97 bits per heavy atom. The zero-order valence-electron chi connectivity index (χ0n) is 15.9. The third kappa shape index (κ3) is 4.55. The van der Waals surface area contributed by atoms with Gasteiger partial charge in [0.05, 0.1) is 16.5 Å². The Morgan fingerprint density at radius 1 is 1.34 bits per heavy atom. The third-order valence-electron chi connectivity index (χ3n) is 4.87. The van der Waals surface area contributed by atoms with Crippen LogP contribution in [0.1, 0.15) is 30.2 Å². The molecule has 0 saturated carbocycles. The highest BCUT2D eigenvalue weighted by Crippen LogP contribution is 2.36. The Balaban J connectivity index is 1.47. The second-order valence-electron chi connectivity index (χ2n) is 6.77. The summed E-state index contributed by atoms with van der Waals surface area (Å²) in [7, 11) is 0. The van der Waals surface area contributed by atoms with Crippen molar-refractivity contribution in [1.29, 1.82) is 0 Å². The molecule has 4 rings (SSSR count). The fourth-order valence-corrected chi connectivity index (χ4v) is 6.12. The normalized spacial score (nSPS) is 13.3. The lowest BCUT2D eigenvalue weighted by Gasteiger charge is -2.13. The number of amides is 1. The molecule has 29 heavy (non-hydrogen) atoms. The summed E-state index contributed by atoms with van der Waals surface area (Å²) in [5.41, 5.74) is 3.24. The Kier molecular flexibility index (Phi) is 6.63. The fourth-order valence-electron chi connectivity index (χ4n) is 3.47. The molecular formula is C20H20BrClN4OS2. The maximum atomic E-state index is 12.4. The summed E-state index contributed by atoms with van der Waals surface area (Å²) in [5, 5.41) is 15.2. The van der Waals surface area contributed by atoms with Crippen LogP contribution in [-0.4, -0.2) is 26.4 Å². The second-order valence-corrected chi connectivity index (χ2v) is 10.00. The monoisotopic (exact) mass is 510 g/mol. The smallest absolute Gasteiger partial charge is 0.234 e. The predicted octanol–water partition coefficient (Wildman–Crippen LogP) is 6.05. The summed E-state index contributed by atoms with van der Waals surface area (Å²) in [4.78, 5) is 13.9. The Hall–Kier alpha value is -1.35. The minimum Gasteiger partial charge on any atom is -0.324 e. The van der Waals surface area contributed by atoms with Gasteiger partial charge in [-0.2, -0.15) is 0 Å². The number of hydrogen-bond acceptors (Lipinski definition) is 5. The van der Waals surface area contributed by atoms with Crippen molar-refractivity contribution >= 4 is 62.2 Å². The average molecular weight is 512 g/mol. The van der Waals surface area contributed by atoms with Crippen LogP contribution >= 0.6 is 50.6 Å². The number of fused-ring (bicyclic) bond motifs is 1. The van der Waals surface area contributed by atoms with Crippen LogP contribution in [0.2, 0.25) is 5.02 Å². The number of thiophene rings is 1. The summed E-state index contributed by atoms with van der Waals surface area (Å²) < 4.78 is 2.97. The number of thioether (sulfide) groups is 1. The van der Waals surface area contributed by atoms with Gasteiger partial charge in [0.1, 0.15) is 0 Å². The van der Waals surface area contributed by atoms with E-state index in [4.69, 9.17) is 11.6 Å². The Morgan fingerprint density at radius 2 is 2.17 bits per heavy atom. The van der Waals surface area contributed by atoms with Crippen LogP contribution in [0.25, 0.3) is 11.4 Å². The summed E-state index contributed by atoms with van der Waals surface area (Å²) >= 11 is 12.8. The number of aromatic nitrogens is 3. The van der Waals surface area contributed by atoms with Gasteiger partial charge >= 0.3 is 0 Å². The Bertz CT molecular complexity index is 1050. The topological polar surface area (TPSA) is 59.8 Å². The van der Waals surface area contributed by atoms with Crippen molar-refractivity contribution in [3.63, 3.8) is 0 Å². The highest BCUT2D eigenvalue weighted by atomic mass is 79.9. The molecule has 1 aliphatic carbocycles. The van der Waals surface area contributed by atoms with Gasteiger partial charge in [0.2, 0.25) is 5.91 Å². The zero-order valence-corrected chi connectivity index (χ0v) is 19.8. The molecule has 0 radical (unpaired) electrons. The number of benzene rings is 1. The van der Waals surface area contributed by atoms with E-state index in [0.717, 1.165) is 28.4 Å². The van der Waals surface area contributed by atoms with Crippen LogP contribution in [0.5, 0.6) is 0 Å². The quantitative estimate of drug-likeness (QED) is 0.409. The van der Waals surface area contributed by atoms with Crippen molar-refractivity contribution in [1.82, 2.24) is 14.8 Å². The van der Waals surface area contributed by atoms with Crippen LogP contribution in [0.15, 0.2) is 33.2 Å². The molecule has 0 saturated heterocycles. The standard InChI is InChI=1S/C20H20BrClN4OS2/c1-2-26-19(14-10-28-17-6-4-3-5-13(14)17)24-25-20(26)29-11-18(27)23-16-8-7-12(21)9-15(16)22/h7-10H,2-6,11H2,1H3,(H,23,27). The van der Waals surface area contributed by atoms with E-state index in [1.54, 1.807) is 12.1 Å². The number of anilines is 1. The average Bonchev–Trinajstić information content (AvgIpc) is 3.31. The molecule has 1 amide bonds. The van der Waals surface area contributed by atoms with Gasteiger partial charge in [-0.3, -0.25) is 4.79 Å². The first-order valence-corrected chi connectivity index (χ1v) is 12.5. The van der Waals surface area contributed by atoms with Gasteiger partial charge in [-0.25, -0.2) is 0 Å². The van der Waals surface area contributed by atoms with E-state index in [-0.39, 0.29) is 11.7 Å². The van der Waals surface area contributed by atoms with Gasteiger partial charge in [-0.1, -0.05) is 39.3 Å². The molecule has 2 aromatic heterocycles. The number of hydrogen-bond donors (Lipinski definition) is 1. The van der Waals surface area contributed by atoms with Gasteiger partial charge in [0, 0.05) is 26.8 Å². The molecule has 2 heterocycles. The van der Waals surface area contributed by atoms with E-state index < -0.39 is 0 Å². The summed E-state index contributed by atoms with van der Waals surface area (Å²) in [6.45, 7) is 2.84. The van der Waals surface area contributed by atoms with Crippen molar-refractivity contribution in [2.24, 2.45) is 0 Å². The second kappa shape index (κ2) is 9.20. The lowest BCUT2D eigenvalue weighted by atomic mass is 9.96. The molecule has 0 bridgehead atoms. The summed E-state index contributed by atoms with van der Waals surface area (Å²) in [6, 6.07) is 5.38. The van der Waals surface area contributed by atoms with Gasteiger partial charge in [-0.15, -0.1) is 21.5 Å². The first-order valence-electron chi connectivity index (χ1n) is 9.47. The number of carbonyl (C=O) groups excluding carboxylic acids is 1. The van der Waals surface area contributed by atoms with E-state index in [0.29, 0.717) is 10.7 Å². The van der Waals surface area contributed by atoms with E-state index >= 15 is 0 Å². The fraction of sp³-hybridized carbons (Fsp3) is 0.350. The number of carbonyl (C=O) groups is 1. The van der Waals surface area contributed by atoms with Gasteiger partial charge < -0.3 is 9.88 Å². The molecular weight excluding hydrogens is 492 g/mol. The number of rotatable bonds is 6. The number of halogens is 2. The van der Waals surface area contributed by atoms with E-state index in [2.05, 4.69) is 48.3 Å². The lowest BCUT2D eigenvalue weighted by molar-refractivity contribution is -0.113. The molecule has 0 aliphatic heterocycles. The maximum absolute atomic E-state index is 12.4. The minimum absolute atomic E-state index is 0.126. The first-order chi connectivity index (χ1) is 14.1. The molecule has 0 atom stereocenters. The molecule has 0 spiro atoms. The summed E-state index contributed by atoms with van der Waals surface area (Å²) in [5.74, 6) is 1.02. The molecule has 1 aromatic carbocycles. The third-order valence-corrected chi connectivity index (χ3v) is 7.73. The molecule has 1 aliphatic rings. The van der Waals surface area contributed by atoms with Crippen LogP contribution in [0.4, 0.5) is 5.69 Å². The van der Waals surface area contributed by atoms with E-state index in [1.165, 1.54) is 47.0 Å². The van der Waals surface area contributed by atoms with Crippen LogP contribution in [0, 0.1) is 0 Å². The van der Waals surface area contributed by atoms with E-state index in [9.17, 15) is 4.79 Å². The van der Waals surface area contributed by atoms with Crippen molar-refractivity contribution < 1.29 is 4.79 Å². The van der Waals surface area contributed by atoms with Crippen molar-refractivity contribution in [3.05, 3.63) is 43.5 Å².